The van der Waals surface area contributed by atoms with Gasteiger partial charge in [-0.2, -0.15) is 13.2 Å². The molecule has 0 saturated carbocycles. The standard InChI is InChI=1S/C18H21F3N6O/c1-11-15(12(2)24-17(23-11)27-8-6-26(3)7-9-27)25-16(28)13-4-5-14(22-10-13)18(19,20)21/h4-5,10H,6-9H2,1-3H3,(H,25,28). The van der Waals surface area contributed by atoms with Gasteiger partial charge < -0.3 is 15.1 Å². The van der Waals surface area contributed by atoms with Crippen molar-refractivity contribution in [3.05, 3.63) is 41.0 Å². The highest BCUT2D eigenvalue weighted by atomic mass is 19.4. The van der Waals surface area contributed by atoms with E-state index in [1.165, 1.54) is 0 Å². The van der Waals surface area contributed by atoms with Crippen molar-refractivity contribution in [1.82, 2.24) is 19.9 Å². The molecule has 1 fully saturated rings. The Hall–Kier alpha value is -2.75. The van der Waals surface area contributed by atoms with Crippen molar-refractivity contribution < 1.29 is 18.0 Å². The molecule has 3 heterocycles. The first kappa shape index (κ1) is 20.0. The number of pyridine rings is 1. The lowest BCUT2D eigenvalue weighted by Crippen LogP contribution is -2.45. The fraction of sp³-hybridized carbons (Fsp3) is 0.444. The number of halogens is 3. The average molecular weight is 394 g/mol. The average Bonchev–Trinajstić information content (AvgIpc) is 2.64. The number of nitrogens with one attached hydrogen (secondary N) is 1. The molecule has 2 aromatic heterocycles. The third-order valence-electron chi connectivity index (χ3n) is 4.60. The number of aryl methyl sites for hydroxylation is 2. The van der Waals surface area contributed by atoms with E-state index in [1.807, 2.05) is 0 Å². The van der Waals surface area contributed by atoms with Crippen LogP contribution in [-0.4, -0.2) is 59.0 Å². The van der Waals surface area contributed by atoms with Crippen LogP contribution in [0.4, 0.5) is 24.8 Å². The third-order valence-corrected chi connectivity index (χ3v) is 4.60. The summed E-state index contributed by atoms with van der Waals surface area (Å²) in [5, 5.41) is 2.68. The quantitative estimate of drug-likeness (QED) is 0.862. The normalized spacial score (nSPS) is 15.6. The Morgan fingerprint density at radius 3 is 2.18 bits per heavy atom. The predicted octanol–water partition coefficient (Wildman–Crippen LogP) is 2.51. The van der Waals surface area contributed by atoms with Gasteiger partial charge in [0.05, 0.1) is 22.6 Å². The van der Waals surface area contributed by atoms with Crippen LogP contribution in [0, 0.1) is 13.8 Å². The van der Waals surface area contributed by atoms with E-state index in [-0.39, 0.29) is 5.56 Å². The number of alkyl halides is 3. The zero-order chi connectivity index (χ0) is 20.5. The monoisotopic (exact) mass is 394 g/mol. The largest absolute Gasteiger partial charge is 0.433 e. The maximum absolute atomic E-state index is 12.6. The first-order valence-electron chi connectivity index (χ1n) is 8.78. The Balaban J connectivity index is 1.76. The summed E-state index contributed by atoms with van der Waals surface area (Å²) in [6.07, 6.45) is -3.64. The van der Waals surface area contributed by atoms with E-state index in [4.69, 9.17) is 0 Å². The van der Waals surface area contributed by atoms with E-state index >= 15 is 0 Å². The molecule has 0 spiro atoms. The van der Waals surface area contributed by atoms with Crippen LogP contribution in [0.1, 0.15) is 27.4 Å². The summed E-state index contributed by atoms with van der Waals surface area (Å²) in [6.45, 7) is 6.99. The molecular formula is C18H21F3N6O. The maximum atomic E-state index is 12.6. The fourth-order valence-corrected chi connectivity index (χ4v) is 2.91. The van der Waals surface area contributed by atoms with Gasteiger partial charge in [-0.15, -0.1) is 0 Å². The minimum absolute atomic E-state index is 0.0231. The molecule has 2 aromatic rings. The molecule has 1 aliphatic rings. The first-order valence-corrected chi connectivity index (χ1v) is 8.78. The highest BCUT2D eigenvalue weighted by Gasteiger charge is 2.32. The maximum Gasteiger partial charge on any atom is 0.433 e. The molecule has 0 unspecified atom stereocenters. The molecule has 10 heteroatoms. The van der Waals surface area contributed by atoms with Crippen molar-refractivity contribution in [2.45, 2.75) is 20.0 Å². The zero-order valence-corrected chi connectivity index (χ0v) is 15.8. The third kappa shape index (κ3) is 4.38. The second-order valence-corrected chi connectivity index (χ2v) is 6.74. The van der Waals surface area contributed by atoms with Crippen molar-refractivity contribution in [2.24, 2.45) is 0 Å². The minimum Gasteiger partial charge on any atom is -0.338 e. The molecule has 1 saturated heterocycles. The first-order chi connectivity index (χ1) is 13.1. The topological polar surface area (TPSA) is 74.2 Å². The number of nitrogens with zero attached hydrogens (tertiary/aromatic N) is 5. The summed E-state index contributed by atoms with van der Waals surface area (Å²) in [7, 11) is 2.06. The number of likely N-dealkylation sites (N-methyl/N-ethyl adjacent to an activating group) is 1. The molecule has 0 aromatic carbocycles. The minimum atomic E-state index is -4.55. The van der Waals surface area contributed by atoms with Gasteiger partial charge in [0.2, 0.25) is 5.95 Å². The molecule has 28 heavy (non-hydrogen) atoms. The number of anilines is 2. The van der Waals surface area contributed by atoms with Crippen molar-refractivity contribution >= 4 is 17.5 Å². The van der Waals surface area contributed by atoms with Crippen LogP contribution >= 0.6 is 0 Å². The van der Waals surface area contributed by atoms with Gasteiger partial charge in [-0.25, -0.2) is 9.97 Å². The number of aromatic nitrogens is 3. The lowest BCUT2D eigenvalue weighted by Gasteiger charge is -2.32. The van der Waals surface area contributed by atoms with Crippen molar-refractivity contribution in [3.63, 3.8) is 0 Å². The van der Waals surface area contributed by atoms with Gasteiger partial charge in [-0.05, 0) is 33.0 Å². The van der Waals surface area contributed by atoms with E-state index in [1.54, 1.807) is 13.8 Å². The molecule has 1 N–H and O–H groups in total. The summed E-state index contributed by atoms with van der Waals surface area (Å²) < 4.78 is 37.8. The molecule has 7 nitrogen and oxygen atoms in total. The van der Waals surface area contributed by atoms with E-state index in [9.17, 15) is 18.0 Å². The van der Waals surface area contributed by atoms with Gasteiger partial charge in [0, 0.05) is 32.4 Å². The Morgan fingerprint density at radius 1 is 1.07 bits per heavy atom. The van der Waals surface area contributed by atoms with Gasteiger partial charge in [-0.3, -0.25) is 9.78 Å². The molecule has 0 bridgehead atoms. The van der Waals surface area contributed by atoms with Crippen LogP contribution in [0.25, 0.3) is 0 Å². The highest BCUT2D eigenvalue weighted by Crippen LogP contribution is 2.27. The summed E-state index contributed by atoms with van der Waals surface area (Å²) in [6, 6.07) is 1.87. The number of hydrogen-bond donors (Lipinski definition) is 1. The SMILES string of the molecule is Cc1nc(N2CCN(C)CC2)nc(C)c1NC(=O)c1ccc(C(F)(F)F)nc1. The molecule has 0 radical (unpaired) electrons. The van der Waals surface area contributed by atoms with Gasteiger partial charge in [0.25, 0.3) is 5.91 Å². The van der Waals surface area contributed by atoms with E-state index in [0.29, 0.717) is 23.0 Å². The number of piperazine rings is 1. The lowest BCUT2D eigenvalue weighted by atomic mass is 10.2. The second-order valence-electron chi connectivity index (χ2n) is 6.74. The van der Waals surface area contributed by atoms with E-state index in [0.717, 1.165) is 44.5 Å². The van der Waals surface area contributed by atoms with Crippen LogP contribution in [0.2, 0.25) is 0 Å². The van der Waals surface area contributed by atoms with Crippen molar-refractivity contribution in [2.75, 3.05) is 43.4 Å². The van der Waals surface area contributed by atoms with Crippen LogP contribution in [0.3, 0.4) is 0 Å². The summed E-state index contributed by atoms with van der Waals surface area (Å²) >= 11 is 0. The molecule has 3 rings (SSSR count). The molecule has 1 amide bonds. The molecular weight excluding hydrogens is 373 g/mol. The number of rotatable bonds is 3. The van der Waals surface area contributed by atoms with Crippen LogP contribution in [0.5, 0.6) is 0 Å². The van der Waals surface area contributed by atoms with E-state index in [2.05, 4.69) is 37.1 Å². The number of carbonyl (C=O) groups excluding carboxylic acids is 1. The van der Waals surface area contributed by atoms with Crippen molar-refractivity contribution in [3.8, 4) is 0 Å². The fourth-order valence-electron chi connectivity index (χ4n) is 2.91. The van der Waals surface area contributed by atoms with Crippen molar-refractivity contribution in [1.29, 1.82) is 0 Å². The number of carbonyl (C=O) groups is 1. The molecule has 0 aliphatic carbocycles. The molecule has 150 valence electrons. The van der Waals surface area contributed by atoms with Crippen LogP contribution in [-0.2, 0) is 6.18 Å². The Morgan fingerprint density at radius 2 is 1.68 bits per heavy atom. The summed E-state index contributed by atoms with van der Waals surface area (Å²) in [5.74, 6) is 0.0423. The Bertz CT molecular complexity index is 838. The van der Waals surface area contributed by atoms with Gasteiger partial charge in [-0.1, -0.05) is 0 Å². The summed E-state index contributed by atoms with van der Waals surface area (Å²) in [5.41, 5.74) is 0.610. The number of hydrogen-bond acceptors (Lipinski definition) is 6. The van der Waals surface area contributed by atoms with Crippen LogP contribution < -0.4 is 10.2 Å². The second kappa shape index (κ2) is 7.70. The predicted molar refractivity (Wildman–Crippen MR) is 98.4 cm³/mol. The molecule has 1 aliphatic heterocycles. The van der Waals surface area contributed by atoms with E-state index < -0.39 is 17.8 Å². The number of amides is 1. The Kier molecular flexibility index (Phi) is 5.50. The Labute approximate surface area is 160 Å². The van der Waals surface area contributed by atoms with Crippen LogP contribution in [0.15, 0.2) is 18.3 Å². The summed E-state index contributed by atoms with van der Waals surface area (Å²) in [4.78, 5) is 29.0. The zero-order valence-electron chi connectivity index (χ0n) is 15.8. The van der Waals surface area contributed by atoms with Gasteiger partial charge >= 0.3 is 6.18 Å². The highest BCUT2D eigenvalue weighted by molar-refractivity contribution is 6.04. The van der Waals surface area contributed by atoms with Gasteiger partial charge in [0.1, 0.15) is 5.69 Å². The molecule has 0 atom stereocenters. The smallest absolute Gasteiger partial charge is 0.338 e. The lowest BCUT2D eigenvalue weighted by molar-refractivity contribution is -0.141. The van der Waals surface area contributed by atoms with Gasteiger partial charge in [0.15, 0.2) is 0 Å².